The molecule has 2 aliphatic rings. The largest absolute Gasteiger partial charge is 0.467 e. The summed E-state index contributed by atoms with van der Waals surface area (Å²) >= 11 is 0. The van der Waals surface area contributed by atoms with Crippen molar-refractivity contribution in [1.29, 1.82) is 0 Å². The molecule has 4 aromatic rings. The van der Waals surface area contributed by atoms with Crippen LogP contribution in [0.4, 0.5) is 9.59 Å². The van der Waals surface area contributed by atoms with Crippen molar-refractivity contribution in [3.05, 3.63) is 120 Å². The van der Waals surface area contributed by atoms with Crippen LogP contribution in [0.1, 0.15) is 74.5 Å². The standard InChI is InChI=1S/C44H51N3O9/c1-30(41(49)52-2)47-40(48)23-22-35-25-37(54-43(51)45-27-34-19-11-18-31-17-9-10-21-38(31)34)26-44(55-35)24-12-20-36(56-44)29-53-42(50)46-28-39(32-13-5-3-6-14-32)33-15-7-4-8-16-33/h3-11,13-19,21,30,35-37,39H,12,20,22-29H2,1-2H3,(H,45,51)(H,46,50)(H,47,48)/t30-,35+,36+,37+,44-/m0/s1. The molecule has 296 valence electrons. The van der Waals surface area contributed by atoms with Crippen molar-refractivity contribution in [2.24, 2.45) is 0 Å². The molecule has 0 aromatic heterocycles. The number of esters is 1. The van der Waals surface area contributed by atoms with Gasteiger partial charge < -0.3 is 39.6 Å². The third-order valence-corrected chi connectivity index (χ3v) is 10.4. The van der Waals surface area contributed by atoms with E-state index < -0.39 is 48.3 Å². The highest BCUT2D eigenvalue weighted by Crippen LogP contribution is 2.41. The smallest absolute Gasteiger partial charge is 0.407 e. The van der Waals surface area contributed by atoms with Gasteiger partial charge in [-0.25, -0.2) is 14.4 Å². The maximum atomic E-state index is 13.2. The predicted molar refractivity (Wildman–Crippen MR) is 210 cm³/mol. The zero-order valence-corrected chi connectivity index (χ0v) is 31.9. The summed E-state index contributed by atoms with van der Waals surface area (Å²) in [6.45, 7) is 2.19. The first-order valence-corrected chi connectivity index (χ1v) is 19.3. The van der Waals surface area contributed by atoms with E-state index in [2.05, 4.69) is 16.0 Å². The maximum absolute atomic E-state index is 13.2. The van der Waals surface area contributed by atoms with Crippen LogP contribution in [-0.2, 0) is 39.8 Å². The quantitative estimate of drug-likeness (QED) is 0.0921. The molecule has 6 rings (SSSR count). The maximum Gasteiger partial charge on any atom is 0.407 e. The van der Waals surface area contributed by atoms with Crippen molar-refractivity contribution in [2.75, 3.05) is 20.3 Å². The number of ether oxygens (including phenoxy) is 5. The van der Waals surface area contributed by atoms with Crippen molar-refractivity contribution in [3.63, 3.8) is 0 Å². The van der Waals surface area contributed by atoms with Gasteiger partial charge >= 0.3 is 18.2 Å². The van der Waals surface area contributed by atoms with Gasteiger partial charge in [0.25, 0.3) is 0 Å². The summed E-state index contributed by atoms with van der Waals surface area (Å²) in [6.07, 6.45) is 0.247. The summed E-state index contributed by atoms with van der Waals surface area (Å²) in [5.41, 5.74) is 3.12. The molecule has 0 unspecified atom stereocenters. The van der Waals surface area contributed by atoms with E-state index in [-0.39, 0.29) is 37.8 Å². The topological polar surface area (TPSA) is 151 Å². The van der Waals surface area contributed by atoms with E-state index in [1.807, 2.05) is 103 Å². The Hall–Kier alpha value is -5.46. The molecule has 1 spiro atoms. The molecule has 2 saturated heterocycles. The Labute approximate surface area is 327 Å². The highest BCUT2D eigenvalue weighted by Gasteiger charge is 2.47. The molecule has 3 amide bonds. The molecule has 2 heterocycles. The number of benzene rings is 4. The van der Waals surface area contributed by atoms with E-state index in [1.54, 1.807) is 6.92 Å². The van der Waals surface area contributed by atoms with Gasteiger partial charge in [0, 0.05) is 44.7 Å². The predicted octanol–water partition coefficient (Wildman–Crippen LogP) is 6.90. The normalized spacial score (nSPS) is 21.2. The zero-order valence-electron chi connectivity index (χ0n) is 31.9. The van der Waals surface area contributed by atoms with Crippen LogP contribution in [0, 0.1) is 0 Å². The monoisotopic (exact) mass is 765 g/mol. The fraction of sp³-hybridized carbons (Fsp3) is 0.409. The molecule has 4 aromatic carbocycles. The van der Waals surface area contributed by atoms with Crippen molar-refractivity contribution in [2.45, 2.75) is 94.5 Å². The fourth-order valence-electron chi connectivity index (χ4n) is 7.62. The average Bonchev–Trinajstić information content (AvgIpc) is 3.21. The number of amides is 3. The number of methoxy groups -OCH3 is 1. The number of hydrogen-bond acceptors (Lipinski definition) is 9. The Bertz CT molecular complexity index is 1880. The Balaban J connectivity index is 1.07. The van der Waals surface area contributed by atoms with Crippen LogP contribution < -0.4 is 16.0 Å². The summed E-state index contributed by atoms with van der Waals surface area (Å²) in [7, 11) is 1.26. The lowest BCUT2D eigenvalue weighted by Crippen LogP contribution is -2.53. The van der Waals surface area contributed by atoms with E-state index in [0.29, 0.717) is 32.2 Å². The van der Waals surface area contributed by atoms with Crippen molar-refractivity contribution < 1.29 is 42.9 Å². The second kappa shape index (κ2) is 19.4. The van der Waals surface area contributed by atoms with Gasteiger partial charge in [-0.15, -0.1) is 0 Å². The molecular formula is C44H51N3O9. The van der Waals surface area contributed by atoms with Gasteiger partial charge in [-0.3, -0.25) is 4.79 Å². The van der Waals surface area contributed by atoms with Crippen LogP contribution in [0.15, 0.2) is 103 Å². The van der Waals surface area contributed by atoms with E-state index in [0.717, 1.165) is 33.9 Å². The minimum absolute atomic E-state index is 0.00775. The molecule has 0 aliphatic carbocycles. The molecule has 12 heteroatoms. The third kappa shape index (κ3) is 11.1. The number of alkyl carbamates (subject to hydrolysis) is 2. The molecule has 2 aliphatic heterocycles. The molecular weight excluding hydrogens is 714 g/mol. The highest BCUT2D eigenvalue weighted by atomic mass is 16.7. The van der Waals surface area contributed by atoms with Crippen LogP contribution in [-0.4, -0.2) is 74.5 Å². The number of carbonyl (C=O) groups excluding carboxylic acids is 4. The van der Waals surface area contributed by atoms with E-state index >= 15 is 0 Å². The fourth-order valence-corrected chi connectivity index (χ4v) is 7.62. The van der Waals surface area contributed by atoms with Crippen molar-refractivity contribution in [3.8, 4) is 0 Å². The van der Waals surface area contributed by atoms with Gasteiger partial charge in [0.15, 0.2) is 5.79 Å². The van der Waals surface area contributed by atoms with Crippen molar-refractivity contribution >= 4 is 34.8 Å². The molecule has 5 atom stereocenters. The first-order chi connectivity index (χ1) is 27.2. The van der Waals surface area contributed by atoms with Crippen molar-refractivity contribution in [1.82, 2.24) is 16.0 Å². The van der Waals surface area contributed by atoms with Crippen LogP contribution in [0.25, 0.3) is 10.8 Å². The third-order valence-electron chi connectivity index (χ3n) is 10.4. The lowest BCUT2D eigenvalue weighted by atomic mass is 9.90. The van der Waals surface area contributed by atoms with Crippen LogP contribution in [0.2, 0.25) is 0 Å². The first-order valence-electron chi connectivity index (χ1n) is 19.3. The first kappa shape index (κ1) is 40.2. The molecule has 12 nitrogen and oxygen atoms in total. The van der Waals surface area contributed by atoms with Crippen LogP contribution in [0.3, 0.4) is 0 Å². The molecule has 0 bridgehead atoms. The van der Waals surface area contributed by atoms with Gasteiger partial charge in [-0.05, 0) is 53.6 Å². The summed E-state index contributed by atoms with van der Waals surface area (Å²) in [6, 6.07) is 33.1. The lowest BCUT2D eigenvalue weighted by Gasteiger charge is -2.47. The van der Waals surface area contributed by atoms with Gasteiger partial charge in [0.2, 0.25) is 5.91 Å². The highest BCUT2D eigenvalue weighted by molar-refractivity contribution is 5.86. The Kier molecular flexibility index (Phi) is 13.9. The second-order valence-electron chi connectivity index (χ2n) is 14.4. The number of carbonyl (C=O) groups is 4. The summed E-state index contributed by atoms with van der Waals surface area (Å²) in [5, 5.41) is 10.6. The van der Waals surface area contributed by atoms with E-state index in [4.69, 9.17) is 23.7 Å². The van der Waals surface area contributed by atoms with Gasteiger partial charge in [0.05, 0.1) is 19.3 Å². The minimum Gasteiger partial charge on any atom is -0.467 e. The molecule has 0 radical (unpaired) electrons. The molecule has 2 fully saturated rings. The Morgan fingerprint density at radius 3 is 2.23 bits per heavy atom. The number of fused-ring (bicyclic) bond motifs is 1. The summed E-state index contributed by atoms with van der Waals surface area (Å²) < 4.78 is 29.6. The molecule has 0 saturated carbocycles. The van der Waals surface area contributed by atoms with E-state index in [9.17, 15) is 19.2 Å². The minimum atomic E-state index is -1.12. The molecule has 3 N–H and O–H groups in total. The Morgan fingerprint density at radius 1 is 0.821 bits per heavy atom. The SMILES string of the molecule is COC(=O)[C@H](C)NC(=O)CC[C@@H]1C[C@@H](OC(=O)NCc2cccc3ccccc23)C[C@@]2(CCC[C@H](COC(=O)NCC(c3ccccc3)c3ccccc3)O2)O1. The van der Waals surface area contributed by atoms with Gasteiger partial charge in [-0.1, -0.05) is 103 Å². The van der Waals surface area contributed by atoms with Crippen LogP contribution >= 0.6 is 0 Å². The average molecular weight is 766 g/mol. The Morgan fingerprint density at radius 2 is 1.50 bits per heavy atom. The number of rotatable bonds is 14. The zero-order chi connectivity index (χ0) is 39.3. The second-order valence-corrected chi connectivity index (χ2v) is 14.4. The lowest BCUT2D eigenvalue weighted by molar-refractivity contribution is -0.329. The summed E-state index contributed by atoms with van der Waals surface area (Å²) in [5.74, 6) is -2.05. The van der Waals surface area contributed by atoms with Crippen LogP contribution in [0.5, 0.6) is 0 Å². The van der Waals surface area contributed by atoms with E-state index in [1.165, 1.54) is 7.11 Å². The molecule has 56 heavy (non-hydrogen) atoms. The number of nitrogens with one attached hydrogen (secondary N) is 3. The summed E-state index contributed by atoms with van der Waals surface area (Å²) in [4.78, 5) is 50.9. The number of hydrogen-bond donors (Lipinski definition) is 3. The van der Waals surface area contributed by atoms with Gasteiger partial charge in [-0.2, -0.15) is 0 Å². The van der Waals surface area contributed by atoms with Gasteiger partial charge in [0.1, 0.15) is 18.8 Å².